The highest BCUT2D eigenvalue weighted by atomic mass is 16.1. The zero-order valence-corrected chi connectivity index (χ0v) is 24.6. The number of nitrogens with zero attached hydrogens (tertiary/aromatic N) is 2. The number of hydrogen-bond donors (Lipinski definition) is 1. The summed E-state index contributed by atoms with van der Waals surface area (Å²) in [5, 5.41) is 3.04. The van der Waals surface area contributed by atoms with E-state index in [1.807, 2.05) is 30.3 Å². The van der Waals surface area contributed by atoms with Gasteiger partial charge in [-0.05, 0) is 43.5 Å². The summed E-state index contributed by atoms with van der Waals surface area (Å²) in [4.78, 5) is 17.2. The number of carbonyl (C=O) groups is 1. The zero-order chi connectivity index (χ0) is 27.4. The van der Waals surface area contributed by atoms with Crippen molar-refractivity contribution < 1.29 is 4.79 Å². The van der Waals surface area contributed by atoms with Crippen LogP contribution >= 0.6 is 0 Å². The maximum Gasteiger partial charge on any atom is 0.251 e. The minimum atomic E-state index is 0.0190. The van der Waals surface area contributed by atoms with Crippen molar-refractivity contribution in [1.82, 2.24) is 14.9 Å². The van der Waals surface area contributed by atoms with Crippen molar-refractivity contribution in [3.05, 3.63) is 66.0 Å². The highest BCUT2D eigenvalue weighted by Crippen LogP contribution is 2.20. The average Bonchev–Trinajstić information content (AvgIpc) is 3.32. The summed E-state index contributed by atoms with van der Waals surface area (Å²) >= 11 is 0. The molecule has 4 nitrogen and oxygen atoms in total. The Morgan fingerprint density at radius 1 is 0.667 bits per heavy atom. The Hall–Kier alpha value is -2.62. The molecule has 214 valence electrons. The molecular weight excluding hydrogens is 478 g/mol. The Morgan fingerprint density at radius 2 is 1.23 bits per heavy atom. The fraction of sp³-hybridized carbons (Fsp3) is 0.600. The van der Waals surface area contributed by atoms with Crippen molar-refractivity contribution in [3.63, 3.8) is 0 Å². The van der Waals surface area contributed by atoms with E-state index >= 15 is 0 Å². The third-order valence-corrected chi connectivity index (χ3v) is 7.87. The van der Waals surface area contributed by atoms with E-state index in [9.17, 15) is 4.79 Å². The molecule has 0 aliphatic carbocycles. The van der Waals surface area contributed by atoms with Crippen LogP contribution in [0.2, 0.25) is 0 Å². The van der Waals surface area contributed by atoms with Gasteiger partial charge in [0.1, 0.15) is 5.82 Å². The molecule has 3 rings (SSSR count). The Kier molecular flexibility index (Phi) is 15.4. The number of para-hydroxylation sites is 2. The van der Waals surface area contributed by atoms with Crippen LogP contribution in [0.25, 0.3) is 11.0 Å². The standard InChI is InChI=1S/C35H53N3O/c1-2-3-4-5-6-7-8-9-10-11-12-13-14-23-30-38-33-27-21-20-26-32(33)37-34(38)28-19-16-22-29-36-35(39)31-24-17-15-18-25-31/h15,17-18,20-21,24-27H,2-14,16,19,22-23,28-30H2,1H3,(H,36,39). The van der Waals surface area contributed by atoms with Crippen LogP contribution in [0.15, 0.2) is 54.6 Å². The lowest BCUT2D eigenvalue weighted by molar-refractivity contribution is 0.0953. The smallest absolute Gasteiger partial charge is 0.251 e. The second-order valence-corrected chi connectivity index (χ2v) is 11.2. The third kappa shape index (κ3) is 12.0. The Labute approximate surface area is 238 Å². The van der Waals surface area contributed by atoms with Gasteiger partial charge in [0.05, 0.1) is 11.0 Å². The van der Waals surface area contributed by atoms with Crippen LogP contribution in [0.4, 0.5) is 0 Å². The predicted octanol–water partition coefficient (Wildman–Crippen LogP) is 9.66. The molecule has 3 aromatic rings. The number of fused-ring (bicyclic) bond motifs is 1. The number of imidazole rings is 1. The number of amides is 1. The number of hydrogen-bond acceptors (Lipinski definition) is 2. The third-order valence-electron chi connectivity index (χ3n) is 7.87. The fourth-order valence-corrected chi connectivity index (χ4v) is 5.51. The van der Waals surface area contributed by atoms with E-state index in [0.29, 0.717) is 0 Å². The molecule has 1 N–H and O–H groups in total. The Morgan fingerprint density at radius 3 is 1.90 bits per heavy atom. The molecular formula is C35H53N3O. The topological polar surface area (TPSA) is 46.9 Å². The molecule has 4 heteroatoms. The molecule has 1 aromatic heterocycles. The minimum Gasteiger partial charge on any atom is -0.352 e. The summed E-state index contributed by atoms with van der Waals surface area (Å²) in [6, 6.07) is 18.0. The van der Waals surface area contributed by atoms with E-state index in [1.54, 1.807) is 0 Å². The van der Waals surface area contributed by atoms with Crippen molar-refractivity contribution >= 4 is 16.9 Å². The van der Waals surface area contributed by atoms with Gasteiger partial charge in [-0.1, -0.05) is 127 Å². The van der Waals surface area contributed by atoms with Gasteiger partial charge >= 0.3 is 0 Å². The highest BCUT2D eigenvalue weighted by molar-refractivity contribution is 5.94. The summed E-state index contributed by atoms with van der Waals surface area (Å²) in [5.41, 5.74) is 3.13. The number of unbranched alkanes of at least 4 members (excludes halogenated alkanes) is 15. The first-order chi connectivity index (χ1) is 19.3. The molecule has 0 saturated carbocycles. The van der Waals surface area contributed by atoms with Crippen LogP contribution in [-0.2, 0) is 13.0 Å². The van der Waals surface area contributed by atoms with Crippen molar-refractivity contribution in [1.29, 1.82) is 0 Å². The minimum absolute atomic E-state index is 0.0190. The largest absolute Gasteiger partial charge is 0.352 e. The summed E-state index contributed by atoms with van der Waals surface area (Å²) in [6.45, 7) is 4.09. The zero-order valence-electron chi connectivity index (χ0n) is 24.6. The number of aryl methyl sites for hydroxylation is 2. The van der Waals surface area contributed by atoms with Gasteiger partial charge in [0.15, 0.2) is 0 Å². The molecule has 0 radical (unpaired) electrons. The SMILES string of the molecule is CCCCCCCCCCCCCCCCn1c(CCCCCNC(=O)c2ccccc2)nc2ccccc21. The lowest BCUT2D eigenvalue weighted by Gasteiger charge is -2.10. The first-order valence-electron chi connectivity index (χ1n) is 16.1. The number of nitrogens with one attached hydrogen (secondary N) is 1. The van der Waals surface area contributed by atoms with Gasteiger partial charge in [-0.25, -0.2) is 4.98 Å². The number of rotatable bonds is 22. The van der Waals surface area contributed by atoms with Crippen LogP contribution in [0.1, 0.15) is 132 Å². The van der Waals surface area contributed by atoms with Crippen molar-refractivity contribution in [2.45, 2.75) is 129 Å². The van der Waals surface area contributed by atoms with Crippen LogP contribution in [0.5, 0.6) is 0 Å². The quantitative estimate of drug-likeness (QED) is 0.131. The van der Waals surface area contributed by atoms with E-state index < -0.39 is 0 Å². The number of aromatic nitrogens is 2. The second kappa shape index (κ2) is 19.4. The van der Waals surface area contributed by atoms with Gasteiger partial charge in [-0.3, -0.25) is 4.79 Å². The number of carbonyl (C=O) groups excluding carboxylic acids is 1. The van der Waals surface area contributed by atoms with Crippen LogP contribution in [0.3, 0.4) is 0 Å². The van der Waals surface area contributed by atoms with Crippen LogP contribution in [0, 0.1) is 0 Å². The lowest BCUT2D eigenvalue weighted by atomic mass is 10.0. The van der Waals surface area contributed by atoms with Crippen molar-refractivity contribution in [2.24, 2.45) is 0 Å². The molecule has 1 heterocycles. The normalized spacial score (nSPS) is 11.3. The van der Waals surface area contributed by atoms with Crippen molar-refractivity contribution in [3.8, 4) is 0 Å². The highest BCUT2D eigenvalue weighted by Gasteiger charge is 2.10. The van der Waals surface area contributed by atoms with E-state index in [0.717, 1.165) is 49.9 Å². The average molecular weight is 532 g/mol. The van der Waals surface area contributed by atoms with Gasteiger partial charge in [0.2, 0.25) is 0 Å². The molecule has 1 amide bonds. The van der Waals surface area contributed by atoms with Gasteiger partial charge in [-0.15, -0.1) is 0 Å². The molecule has 2 aromatic carbocycles. The molecule has 0 aliphatic rings. The van der Waals surface area contributed by atoms with Crippen LogP contribution in [-0.4, -0.2) is 22.0 Å². The lowest BCUT2D eigenvalue weighted by Crippen LogP contribution is -2.24. The molecule has 0 spiro atoms. The summed E-state index contributed by atoms with van der Waals surface area (Å²) in [5.74, 6) is 1.24. The first-order valence-corrected chi connectivity index (χ1v) is 16.1. The summed E-state index contributed by atoms with van der Waals surface area (Å²) in [7, 11) is 0. The van der Waals surface area contributed by atoms with Crippen LogP contribution < -0.4 is 5.32 Å². The summed E-state index contributed by atoms with van der Waals surface area (Å²) < 4.78 is 2.47. The molecule has 0 aliphatic heterocycles. The van der Waals surface area contributed by atoms with E-state index in [4.69, 9.17) is 4.98 Å². The first kappa shape index (κ1) is 30.9. The Bertz CT molecular complexity index is 1040. The predicted molar refractivity (Wildman–Crippen MR) is 166 cm³/mol. The van der Waals surface area contributed by atoms with E-state index in [2.05, 4.69) is 41.1 Å². The maximum atomic E-state index is 12.2. The molecule has 0 fully saturated rings. The maximum absolute atomic E-state index is 12.2. The summed E-state index contributed by atoms with van der Waals surface area (Å²) in [6.07, 6.45) is 23.7. The van der Waals surface area contributed by atoms with Gasteiger partial charge in [-0.2, -0.15) is 0 Å². The molecule has 0 atom stereocenters. The fourth-order valence-electron chi connectivity index (χ4n) is 5.51. The molecule has 39 heavy (non-hydrogen) atoms. The van der Waals surface area contributed by atoms with Gasteiger partial charge < -0.3 is 9.88 Å². The molecule has 0 unspecified atom stereocenters. The van der Waals surface area contributed by atoms with E-state index in [-0.39, 0.29) is 5.91 Å². The molecule has 0 bridgehead atoms. The Balaban J connectivity index is 1.27. The van der Waals surface area contributed by atoms with Crippen molar-refractivity contribution in [2.75, 3.05) is 6.54 Å². The van der Waals surface area contributed by atoms with E-state index in [1.165, 1.54) is 101 Å². The van der Waals surface area contributed by atoms with Gasteiger partial charge in [0.25, 0.3) is 5.91 Å². The van der Waals surface area contributed by atoms with Gasteiger partial charge in [0, 0.05) is 25.1 Å². The number of benzene rings is 2. The second-order valence-electron chi connectivity index (χ2n) is 11.2. The molecule has 0 saturated heterocycles. The monoisotopic (exact) mass is 531 g/mol.